The van der Waals surface area contributed by atoms with E-state index >= 15 is 0 Å². The standard InChI is InChI=1S/C24H50O.2K.H3O4P/c1-3-5-7-9-11-13-15-17-19-21-23-25-24-22-20-18-16-14-12-10-8-6-4-2;;;1-5(2,3)4/h3-24H2,1-2H3;;;(H3,1,2,3,4)/q;2*+1;/p-2. The molecule has 0 aliphatic rings. The molecule has 5 nitrogen and oxygen atoms in total. The molecule has 0 aliphatic carbocycles. The summed E-state index contributed by atoms with van der Waals surface area (Å²) >= 11 is 0. The Morgan fingerprint density at radius 1 is 0.531 bits per heavy atom. The van der Waals surface area contributed by atoms with Crippen molar-refractivity contribution in [2.75, 3.05) is 13.2 Å². The van der Waals surface area contributed by atoms with Crippen LogP contribution in [-0.4, -0.2) is 18.1 Å². The molecular formula is C24H51K2O5P. The zero-order valence-electron chi connectivity index (χ0n) is 22.1. The van der Waals surface area contributed by atoms with Gasteiger partial charge in [0, 0.05) is 13.2 Å². The van der Waals surface area contributed by atoms with E-state index < -0.39 is 7.82 Å². The van der Waals surface area contributed by atoms with Crippen molar-refractivity contribution >= 4 is 7.82 Å². The second kappa shape index (κ2) is 36.5. The SMILES string of the molecule is CCCCCCCCCCCCOCCCCCCCCCCCC.O=P([O-])([O-])O.[K+].[K+]. The van der Waals surface area contributed by atoms with Gasteiger partial charge in [0.2, 0.25) is 0 Å². The number of phosphoric acid groups is 1. The number of rotatable bonds is 22. The maximum Gasteiger partial charge on any atom is 1.00 e. The zero-order chi connectivity index (χ0) is 22.8. The maximum absolute atomic E-state index is 8.66. The van der Waals surface area contributed by atoms with Crippen molar-refractivity contribution in [3.8, 4) is 0 Å². The molecule has 0 bridgehead atoms. The third kappa shape index (κ3) is 54.3. The smallest absolute Gasteiger partial charge is 0.790 e. The zero-order valence-corrected chi connectivity index (χ0v) is 29.2. The van der Waals surface area contributed by atoms with Gasteiger partial charge in [-0.05, 0) is 12.8 Å². The third-order valence-electron chi connectivity index (χ3n) is 5.28. The molecule has 32 heavy (non-hydrogen) atoms. The molecule has 8 heteroatoms. The van der Waals surface area contributed by atoms with E-state index in [0.29, 0.717) is 0 Å². The minimum absolute atomic E-state index is 0. The van der Waals surface area contributed by atoms with Crippen LogP contribution < -0.4 is 113 Å². The molecule has 0 amide bonds. The summed E-state index contributed by atoms with van der Waals surface area (Å²) in [7, 11) is -5.14. The van der Waals surface area contributed by atoms with Crippen LogP contribution in [0.4, 0.5) is 0 Å². The van der Waals surface area contributed by atoms with Crippen molar-refractivity contribution in [1.82, 2.24) is 0 Å². The minimum Gasteiger partial charge on any atom is -0.790 e. The summed E-state index contributed by atoms with van der Waals surface area (Å²) in [5.74, 6) is 0. The summed E-state index contributed by atoms with van der Waals surface area (Å²) in [5.41, 5.74) is 0. The molecule has 0 saturated carbocycles. The van der Waals surface area contributed by atoms with E-state index in [4.69, 9.17) is 24.0 Å². The first kappa shape index (κ1) is 42.4. The van der Waals surface area contributed by atoms with Gasteiger partial charge in [-0.1, -0.05) is 129 Å². The molecule has 0 radical (unpaired) electrons. The fourth-order valence-electron chi connectivity index (χ4n) is 3.49. The Hall–Kier alpha value is 3.34. The van der Waals surface area contributed by atoms with Crippen LogP contribution in [-0.2, 0) is 9.30 Å². The van der Waals surface area contributed by atoms with Crippen LogP contribution in [0.2, 0.25) is 0 Å². The molecule has 0 saturated heterocycles. The molecule has 0 aromatic heterocycles. The van der Waals surface area contributed by atoms with Crippen LogP contribution in [0.1, 0.15) is 142 Å². The summed E-state index contributed by atoms with van der Waals surface area (Å²) in [4.78, 5) is 24.3. The van der Waals surface area contributed by atoms with Crippen LogP contribution in [0.15, 0.2) is 0 Å². The summed E-state index contributed by atoms with van der Waals surface area (Å²) in [6, 6.07) is 0. The van der Waals surface area contributed by atoms with Crippen molar-refractivity contribution in [1.29, 1.82) is 0 Å². The van der Waals surface area contributed by atoms with Gasteiger partial charge in [-0.2, -0.15) is 0 Å². The average molecular weight is 529 g/mol. The molecule has 0 aliphatic heterocycles. The summed E-state index contributed by atoms with van der Waals surface area (Å²) in [6.07, 6.45) is 28.2. The Kier molecular flexibility index (Phi) is 48.4. The van der Waals surface area contributed by atoms with Crippen LogP contribution in [0.3, 0.4) is 0 Å². The topological polar surface area (TPSA) is 92.7 Å². The van der Waals surface area contributed by atoms with E-state index in [9.17, 15) is 0 Å². The molecular weight excluding hydrogens is 477 g/mol. The fourth-order valence-corrected chi connectivity index (χ4v) is 3.49. The van der Waals surface area contributed by atoms with E-state index in [-0.39, 0.29) is 103 Å². The number of hydrogen-bond acceptors (Lipinski definition) is 4. The van der Waals surface area contributed by atoms with Crippen molar-refractivity contribution in [2.24, 2.45) is 0 Å². The van der Waals surface area contributed by atoms with Gasteiger partial charge in [0.1, 0.15) is 0 Å². The van der Waals surface area contributed by atoms with Crippen LogP contribution in [0, 0.1) is 0 Å². The molecule has 0 aromatic carbocycles. The second-order valence-electron chi connectivity index (χ2n) is 8.44. The van der Waals surface area contributed by atoms with Gasteiger partial charge < -0.3 is 24.0 Å². The van der Waals surface area contributed by atoms with Gasteiger partial charge in [0.25, 0.3) is 0 Å². The Morgan fingerprint density at radius 3 is 0.938 bits per heavy atom. The van der Waals surface area contributed by atoms with Gasteiger partial charge in [0.05, 0.1) is 7.82 Å². The monoisotopic (exact) mass is 528 g/mol. The molecule has 0 aromatic rings. The fraction of sp³-hybridized carbons (Fsp3) is 1.00. The molecule has 0 spiro atoms. The third-order valence-corrected chi connectivity index (χ3v) is 5.28. The van der Waals surface area contributed by atoms with Gasteiger partial charge >= 0.3 is 103 Å². The number of ether oxygens (including phenoxy) is 1. The summed E-state index contributed by atoms with van der Waals surface area (Å²) in [6.45, 7) is 6.57. The Morgan fingerprint density at radius 2 is 0.719 bits per heavy atom. The van der Waals surface area contributed by atoms with E-state index in [2.05, 4.69) is 13.8 Å². The maximum atomic E-state index is 8.66. The number of hydrogen-bond donors (Lipinski definition) is 1. The van der Waals surface area contributed by atoms with Gasteiger partial charge in [0.15, 0.2) is 0 Å². The van der Waals surface area contributed by atoms with Crippen LogP contribution >= 0.6 is 7.82 Å². The van der Waals surface area contributed by atoms with Gasteiger partial charge in [-0.25, -0.2) is 0 Å². The first-order chi connectivity index (χ1) is 14.4. The van der Waals surface area contributed by atoms with E-state index in [1.54, 1.807) is 0 Å². The normalized spacial score (nSPS) is 10.7. The van der Waals surface area contributed by atoms with Gasteiger partial charge in [-0.3, -0.25) is 0 Å². The van der Waals surface area contributed by atoms with Crippen molar-refractivity contribution in [2.45, 2.75) is 142 Å². The van der Waals surface area contributed by atoms with E-state index in [0.717, 1.165) is 13.2 Å². The Labute approximate surface area is 285 Å². The second-order valence-corrected chi connectivity index (χ2v) is 9.38. The first-order valence-electron chi connectivity index (χ1n) is 12.7. The molecule has 0 unspecified atom stereocenters. The molecule has 0 fully saturated rings. The minimum atomic E-state index is -5.14. The summed E-state index contributed by atoms with van der Waals surface area (Å²) in [5, 5.41) is 0. The molecule has 184 valence electrons. The van der Waals surface area contributed by atoms with Crippen LogP contribution in [0.5, 0.6) is 0 Å². The predicted octanol–water partition coefficient (Wildman–Crippen LogP) is 0.660. The molecule has 0 heterocycles. The van der Waals surface area contributed by atoms with Crippen LogP contribution in [0.25, 0.3) is 0 Å². The largest absolute Gasteiger partial charge is 1.00 e. The Bertz CT molecular complexity index is 327. The van der Waals surface area contributed by atoms with Crippen molar-refractivity contribution in [3.63, 3.8) is 0 Å². The summed E-state index contributed by atoms with van der Waals surface area (Å²) < 4.78 is 14.4. The molecule has 0 atom stereocenters. The quantitative estimate of drug-likeness (QED) is 0.127. The van der Waals surface area contributed by atoms with Crippen molar-refractivity contribution < 1.29 is 127 Å². The molecule has 0 rings (SSSR count). The van der Waals surface area contributed by atoms with E-state index in [1.807, 2.05) is 0 Å². The average Bonchev–Trinajstić information content (AvgIpc) is 2.68. The number of unbranched alkanes of at least 4 members (excludes halogenated alkanes) is 18. The van der Waals surface area contributed by atoms with Crippen molar-refractivity contribution in [3.05, 3.63) is 0 Å². The van der Waals surface area contributed by atoms with Gasteiger partial charge in [-0.15, -0.1) is 0 Å². The van der Waals surface area contributed by atoms with E-state index in [1.165, 1.54) is 128 Å². The predicted molar refractivity (Wildman–Crippen MR) is 124 cm³/mol. The first-order valence-corrected chi connectivity index (χ1v) is 14.2. The Balaban J connectivity index is -0.000000501. The molecule has 1 N–H and O–H groups in total.